The number of amides is 1. The van der Waals surface area contributed by atoms with Crippen molar-refractivity contribution in [1.82, 2.24) is 14.7 Å². The van der Waals surface area contributed by atoms with Crippen LogP contribution in [-0.2, 0) is 13.6 Å². The highest BCUT2D eigenvalue weighted by Gasteiger charge is 2.34. The van der Waals surface area contributed by atoms with E-state index in [1.807, 2.05) is 18.1 Å². The molecular formula is C17H21ClN4O2. The third-order valence-corrected chi connectivity index (χ3v) is 4.14. The summed E-state index contributed by atoms with van der Waals surface area (Å²) in [5.74, 6) is 0.447. The highest BCUT2D eigenvalue weighted by molar-refractivity contribution is 6.31. The molecule has 3 rings (SSSR count). The molecule has 2 N–H and O–H groups in total. The molecule has 1 aromatic heterocycles. The van der Waals surface area contributed by atoms with Crippen LogP contribution in [0.3, 0.4) is 0 Å². The van der Waals surface area contributed by atoms with Gasteiger partial charge in [-0.2, -0.15) is 5.10 Å². The molecule has 0 saturated heterocycles. The maximum atomic E-state index is 13.1. The van der Waals surface area contributed by atoms with Gasteiger partial charge in [-0.05, 0) is 31.0 Å². The van der Waals surface area contributed by atoms with Gasteiger partial charge in [0.2, 0.25) is 0 Å². The third-order valence-electron chi connectivity index (χ3n) is 3.91. The van der Waals surface area contributed by atoms with Crippen molar-refractivity contribution in [2.75, 3.05) is 13.2 Å². The minimum Gasteiger partial charge on any atom is -0.491 e. The van der Waals surface area contributed by atoms with Crippen molar-refractivity contribution in [3.05, 3.63) is 46.7 Å². The molecule has 1 aromatic carbocycles. The number of ether oxygens (including phenoxy) is 1. The average molecular weight is 349 g/mol. The van der Waals surface area contributed by atoms with E-state index in [0.29, 0.717) is 36.0 Å². The first-order valence-corrected chi connectivity index (χ1v) is 8.37. The van der Waals surface area contributed by atoms with Crippen molar-refractivity contribution >= 4 is 17.5 Å². The van der Waals surface area contributed by atoms with Gasteiger partial charge in [0.15, 0.2) is 0 Å². The Hall–Kier alpha value is -2.05. The molecule has 0 atom stereocenters. The number of halogens is 1. The summed E-state index contributed by atoms with van der Waals surface area (Å²) in [6, 6.07) is 5.36. The van der Waals surface area contributed by atoms with Crippen LogP contribution in [0.15, 0.2) is 30.6 Å². The number of rotatable bonds is 7. The summed E-state index contributed by atoms with van der Waals surface area (Å²) in [6.07, 6.45) is 5.75. The summed E-state index contributed by atoms with van der Waals surface area (Å²) in [5.41, 5.74) is 6.98. The molecule has 0 unspecified atom stereocenters. The lowest BCUT2D eigenvalue weighted by Crippen LogP contribution is -2.33. The van der Waals surface area contributed by atoms with Gasteiger partial charge in [0.1, 0.15) is 12.4 Å². The van der Waals surface area contributed by atoms with E-state index in [-0.39, 0.29) is 11.9 Å². The highest BCUT2D eigenvalue weighted by atomic mass is 35.5. The van der Waals surface area contributed by atoms with Crippen molar-refractivity contribution in [2.45, 2.75) is 25.4 Å². The van der Waals surface area contributed by atoms with E-state index in [4.69, 9.17) is 22.1 Å². The molecule has 1 aliphatic carbocycles. The van der Waals surface area contributed by atoms with Gasteiger partial charge in [-0.1, -0.05) is 11.6 Å². The summed E-state index contributed by atoms with van der Waals surface area (Å²) in [7, 11) is 1.86. The Morgan fingerprint density at radius 2 is 2.29 bits per heavy atom. The van der Waals surface area contributed by atoms with Gasteiger partial charge in [0.25, 0.3) is 5.91 Å². The van der Waals surface area contributed by atoms with E-state index < -0.39 is 0 Å². The SMILES string of the molecule is Cn1cc(CN(C(=O)c2cc(Cl)ccc2OCCN)C2CC2)cn1. The third kappa shape index (κ3) is 3.88. The lowest BCUT2D eigenvalue weighted by Gasteiger charge is -2.23. The first kappa shape index (κ1) is 16.8. The molecule has 2 aromatic rings. The highest BCUT2D eigenvalue weighted by Crippen LogP contribution is 2.32. The van der Waals surface area contributed by atoms with Crippen LogP contribution in [0.5, 0.6) is 5.75 Å². The number of aryl methyl sites for hydroxylation is 1. The van der Waals surface area contributed by atoms with Gasteiger partial charge in [-0.25, -0.2) is 0 Å². The molecule has 0 radical (unpaired) electrons. The Morgan fingerprint density at radius 1 is 1.50 bits per heavy atom. The summed E-state index contributed by atoms with van der Waals surface area (Å²) < 4.78 is 7.36. The molecule has 1 aliphatic rings. The van der Waals surface area contributed by atoms with Crippen LogP contribution in [0.1, 0.15) is 28.8 Å². The molecule has 7 heteroatoms. The minimum atomic E-state index is -0.0733. The van der Waals surface area contributed by atoms with Gasteiger partial charge in [-0.3, -0.25) is 9.48 Å². The van der Waals surface area contributed by atoms with E-state index in [9.17, 15) is 4.79 Å². The molecule has 24 heavy (non-hydrogen) atoms. The largest absolute Gasteiger partial charge is 0.491 e. The fraction of sp³-hybridized carbons (Fsp3) is 0.412. The van der Waals surface area contributed by atoms with Crippen LogP contribution in [0, 0.1) is 0 Å². The Kier molecular flexibility index (Phi) is 5.06. The first-order valence-electron chi connectivity index (χ1n) is 7.99. The second-order valence-electron chi connectivity index (χ2n) is 5.96. The zero-order chi connectivity index (χ0) is 17.1. The fourth-order valence-corrected chi connectivity index (χ4v) is 2.79. The number of nitrogens with two attached hydrogens (primary N) is 1. The normalized spacial score (nSPS) is 13.8. The zero-order valence-corrected chi connectivity index (χ0v) is 14.4. The monoisotopic (exact) mass is 348 g/mol. The van der Waals surface area contributed by atoms with Crippen molar-refractivity contribution < 1.29 is 9.53 Å². The van der Waals surface area contributed by atoms with E-state index in [2.05, 4.69) is 5.10 Å². The Balaban J connectivity index is 1.85. The number of carbonyl (C=O) groups is 1. The standard InChI is InChI=1S/C17H21ClN4O2/c1-21-10-12(9-20-21)11-22(14-3-4-14)17(23)15-8-13(18)2-5-16(15)24-7-6-19/h2,5,8-10,14H,3-4,6-7,11,19H2,1H3. The Labute approximate surface area is 146 Å². The summed E-state index contributed by atoms with van der Waals surface area (Å²) >= 11 is 6.09. The number of nitrogens with zero attached hydrogens (tertiary/aromatic N) is 3. The van der Waals surface area contributed by atoms with Gasteiger partial charge >= 0.3 is 0 Å². The van der Waals surface area contributed by atoms with Crippen molar-refractivity contribution in [1.29, 1.82) is 0 Å². The number of aromatic nitrogens is 2. The number of hydrogen-bond acceptors (Lipinski definition) is 4. The topological polar surface area (TPSA) is 73.4 Å². The van der Waals surface area contributed by atoms with Gasteiger partial charge in [-0.15, -0.1) is 0 Å². The maximum absolute atomic E-state index is 13.1. The van der Waals surface area contributed by atoms with E-state index in [1.165, 1.54) is 0 Å². The van der Waals surface area contributed by atoms with Crippen LogP contribution in [0.2, 0.25) is 5.02 Å². The maximum Gasteiger partial charge on any atom is 0.258 e. The molecule has 1 amide bonds. The van der Waals surface area contributed by atoms with Crippen molar-refractivity contribution in [2.24, 2.45) is 12.8 Å². The van der Waals surface area contributed by atoms with Crippen LogP contribution in [-0.4, -0.2) is 39.8 Å². The molecule has 6 nitrogen and oxygen atoms in total. The van der Waals surface area contributed by atoms with Gasteiger partial charge < -0.3 is 15.4 Å². The first-order chi connectivity index (χ1) is 11.6. The molecule has 1 fully saturated rings. The molecule has 128 valence electrons. The van der Waals surface area contributed by atoms with Gasteiger partial charge in [0.05, 0.1) is 11.8 Å². The van der Waals surface area contributed by atoms with E-state index in [1.54, 1.807) is 29.1 Å². The van der Waals surface area contributed by atoms with Crippen molar-refractivity contribution in [3.8, 4) is 5.75 Å². The molecule has 0 spiro atoms. The number of hydrogen-bond donors (Lipinski definition) is 1. The molecular weight excluding hydrogens is 328 g/mol. The smallest absolute Gasteiger partial charge is 0.258 e. The molecule has 0 aliphatic heterocycles. The Morgan fingerprint density at radius 3 is 2.92 bits per heavy atom. The average Bonchev–Trinajstić information content (AvgIpc) is 3.33. The summed E-state index contributed by atoms with van der Waals surface area (Å²) in [5, 5.41) is 4.68. The fourth-order valence-electron chi connectivity index (χ4n) is 2.62. The van der Waals surface area contributed by atoms with Crippen LogP contribution in [0.25, 0.3) is 0 Å². The number of carbonyl (C=O) groups excluding carboxylic acids is 1. The predicted molar refractivity (Wildman–Crippen MR) is 92.1 cm³/mol. The van der Waals surface area contributed by atoms with Gasteiger partial charge in [0, 0.05) is 43.0 Å². The van der Waals surface area contributed by atoms with Crippen LogP contribution >= 0.6 is 11.6 Å². The summed E-state index contributed by atoms with van der Waals surface area (Å²) in [4.78, 5) is 15.0. The lowest BCUT2D eigenvalue weighted by molar-refractivity contribution is 0.0725. The quantitative estimate of drug-likeness (QED) is 0.832. The number of benzene rings is 1. The van der Waals surface area contributed by atoms with E-state index >= 15 is 0 Å². The predicted octanol–water partition coefficient (Wildman–Crippen LogP) is 2.22. The molecule has 1 saturated carbocycles. The molecule has 1 heterocycles. The summed E-state index contributed by atoms with van der Waals surface area (Å²) in [6.45, 7) is 1.27. The van der Waals surface area contributed by atoms with Crippen LogP contribution < -0.4 is 10.5 Å². The lowest BCUT2D eigenvalue weighted by atomic mass is 10.1. The van der Waals surface area contributed by atoms with Crippen LogP contribution in [0.4, 0.5) is 0 Å². The second kappa shape index (κ2) is 7.23. The second-order valence-corrected chi connectivity index (χ2v) is 6.40. The minimum absolute atomic E-state index is 0.0733. The van der Waals surface area contributed by atoms with Crippen molar-refractivity contribution in [3.63, 3.8) is 0 Å². The molecule has 0 bridgehead atoms. The van der Waals surface area contributed by atoms with E-state index in [0.717, 1.165) is 18.4 Å². The Bertz CT molecular complexity index is 727. The zero-order valence-electron chi connectivity index (χ0n) is 13.6.